The van der Waals surface area contributed by atoms with Crippen molar-refractivity contribution in [1.82, 2.24) is 14.8 Å². The predicted molar refractivity (Wildman–Crippen MR) is 60.4 cm³/mol. The van der Waals surface area contributed by atoms with Gasteiger partial charge in [0.25, 0.3) is 0 Å². The molecule has 0 aliphatic heterocycles. The number of alkyl halides is 1. The van der Waals surface area contributed by atoms with E-state index >= 15 is 0 Å². The Morgan fingerprint density at radius 1 is 1.33 bits per heavy atom. The Labute approximate surface area is 93.7 Å². The molecule has 2 aromatic rings. The SMILES string of the molecule is Cc1cc(C)n(-c2cc(CCl)ccn2)n1. The number of aromatic nitrogens is 3. The van der Waals surface area contributed by atoms with Crippen LogP contribution in [0.25, 0.3) is 5.82 Å². The predicted octanol–water partition coefficient (Wildman–Crippen LogP) is 2.62. The van der Waals surface area contributed by atoms with Gasteiger partial charge >= 0.3 is 0 Å². The fraction of sp³-hybridized carbons (Fsp3) is 0.273. The monoisotopic (exact) mass is 221 g/mol. The summed E-state index contributed by atoms with van der Waals surface area (Å²) >= 11 is 5.77. The lowest BCUT2D eigenvalue weighted by Gasteiger charge is -2.04. The Hall–Kier alpha value is -1.35. The zero-order chi connectivity index (χ0) is 10.8. The topological polar surface area (TPSA) is 30.7 Å². The zero-order valence-electron chi connectivity index (χ0n) is 8.74. The molecule has 2 rings (SSSR count). The van der Waals surface area contributed by atoms with Gasteiger partial charge in [-0.2, -0.15) is 5.10 Å². The third kappa shape index (κ3) is 2.02. The van der Waals surface area contributed by atoms with Crippen molar-refractivity contribution in [3.63, 3.8) is 0 Å². The number of aryl methyl sites for hydroxylation is 2. The van der Waals surface area contributed by atoms with Crippen LogP contribution in [0, 0.1) is 13.8 Å². The first kappa shape index (κ1) is 10.2. The quantitative estimate of drug-likeness (QED) is 0.730. The number of hydrogen-bond acceptors (Lipinski definition) is 2. The Morgan fingerprint density at radius 3 is 2.73 bits per heavy atom. The maximum Gasteiger partial charge on any atom is 0.153 e. The second-order valence-corrected chi connectivity index (χ2v) is 3.76. The van der Waals surface area contributed by atoms with Crippen molar-refractivity contribution < 1.29 is 0 Å². The molecule has 78 valence electrons. The van der Waals surface area contributed by atoms with E-state index in [1.54, 1.807) is 6.20 Å². The van der Waals surface area contributed by atoms with E-state index in [1.807, 2.05) is 36.7 Å². The molecule has 15 heavy (non-hydrogen) atoms. The maximum absolute atomic E-state index is 5.77. The minimum atomic E-state index is 0.495. The molecule has 3 nitrogen and oxygen atoms in total. The van der Waals surface area contributed by atoms with Gasteiger partial charge in [0.15, 0.2) is 5.82 Å². The van der Waals surface area contributed by atoms with Crippen molar-refractivity contribution >= 4 is 11.6 Å². The summed E-state index contributed by atoms with van der Waals surface area (Å²) in [5, 5.41) is 4.37. The van der Waals surface area contributed by atoms with Crippen LogP contribution in [0.4, 0.5) is 0 Å². The van der Waals surface area contributed by atoms with E-state index < -0.39 is 0 Å². The van der Waals surface area contributed by atoms with E-state index in [-0.39, 0.29) is 0 Å². The molecule has 4 heteroatoms. The minimum absolute atomic E-state index is 0.495. The van der Waals surface area contributed by atoms with Gasteiger partial charge in [0, 0.05) is 17.8 Å². The van der Waals surface area contributed by atoms with Crippen molar-refractivity contribution in [2.75, 3.05) is 0 Å². The van der Waals surface area contributed by atoms with Crippen molar-refractivity contribution in [2.24, 2.45) is 0 Å². The summed E-state index contributed by atoms with van der Waals surface area (Å²) < 4.78 is 1.82. The molecule has 0 bridgehead atoms. The van der Waals surface area contributed by atoms with Gasteiger partial charge in [0.05, 0.1) is 5.69 Å². The summed E-state index contributed by atoms with van der Waals surface area (Å²) in [4.78, 5) is 4.27. The van der Waals surface area contributed by atoms with Crippen molar-refractivity contribution in [3.8, 4) is 5.82 Å². The molecule has 0 radical (unpaired) electrons. The Morgan fingerprint density at radius 2 is 2.13 bits per heavy atom. The van der Waals surface area contributed by atoms with Crippen molar-refractivity contribution in [2.45, 2.75) is 19.7 Å². The number of nitrogens with zero attached hydrogens (tertiary/aromatic N) is 3. The first-order chi connectivity index (χ1) is 7.20. The van der Waals surface area contributed by atoms with E-state index in [0.29, 0.717) is 5.88 Å². The van der Waals surface area contributed by atoms with E-state index in [1.165, 1.54) is 0 Å². The first-order valence-corrected chi connectivity index (χ1v) is 5.28. The number of rotatable bonds is 2. The van der Waals surface area contributed by atoms with Crippen LogP contribution in [0.1, 0.15) is 17.0 Å². The van der Waals surface area contributed by atoms with Crippen LogP contribution in [-0.4, -0.2) is 14.8 Å². The van der Waals surface area contributed by atoms with Crippen LogP contribution in [0.15, 0.2) is 24.4 Å². The first-order valence-electron chi connectivity index (χ1n) is 4.75. The molecular formula is C11H12ClN3. The molecule has 0 aliphatic rings. The summed E-state index contributed by atoms with van der Waals surface area (Å²) in [6.07, 6.45) is 1.75. The van der Waals surface area contributed by atoms with Crippen LogP contribution in [-0.2, 0) is 5.88 Å². The highest BCUT2D eigenvalue weighted by Gasteiger charge is 2.04. The number of pyridine rings is 1. The van der Waals surface area contributed by atoms with E-state index in [9.17, 15) is 0 Å². The molecule has 0 fully saturated rings. The smallest absolute Gasteiger partial charge is 0.153 e. The highest BCUT2D eigenvalue weighted by molar-refractivity contribution is 6.17. The Balaban J connectivity index is 2.49. The molecule has 0 atom stereocenters. The van der Waals surface area contributed by atoms with Gasteiger partial charge in [-0.25, -0.2) is 9.67 Å². The van der Waals surface area contributed by atoms with Crippen LogP contribution in [0.3, 0.4) is 0 Å². The molecule has 0 aromatic carbocycles. The third-order valence-electron chi connectivity index (χ3n) is 2.19. The second-order valence-electron chi connectivity index (χ2n) is 3.49. The van der Waals surface area contributed by atoms with Gasteiger partial charge in [0.2, 0.25) is 0 Å². The highest BCUT2D eigenvalue weighted by atomic mass is 35.5. The van der Waals surface area contributed by atoms with Gasteiger partial charge in [-0.3, -0.25) is 0 Å². The zero-order valence-corrected chi connectivity index (χ0v) is 9.49. The number of halogens is 1. The summed E-state index contributed by atoms with van der Waals surface area (Å²) in [6.45, 7) is 3.98. The Kier molecular flexibility index (Phi) is 2.73. The third-order valence-corrected chi connectivity index (χ3v) is 2.50. The summed E-state index contributed by atoms with van der Waals surface area (Å²) in [5.74, 6) is 1.31. The second kappa shape index (κ2) is 4.03. The molecule has 0 N–H and O–H groups in total. The van der Waals surface area contributed by atoms with Crippen LogP contribution < -0.4 is 0 Å². The number of hydrogen-bond donors (Lipinski definition) is 0. The van der Waals surface area contributed by atoms with Crippen LogP contribution >= 0.6 is 11.6 Å². The molecule has 2 heterocycles. The molecule has 0 spiro atoms. The lowest BCUT2D eigenvalue weighted by molar-refractivity contribution is 0.804. The van der Waals surface area contributed by atoms with Gasteiger partial charge < -0.3 is 0 Å². The Bertz CT molecular complexity index is 476. The lowest BCUT2D eigenvalue weighted by Crippen LogP contribution is -2.02. The maximum atomic E-state index is 5.77. The van der Waals surface area contributed by atoms with Crippen LogP contribution in [0.5, 0.6) is 0 Å². The molecule has 2 aromatic heterocycles. The molecule has 0 saturated carbocycles. The van der Waals surface area contributed by atoms with E-state index in [2.05, 4.69) is 10.1 Å². The van der Waals surface area contributed by atoms with Gasteiger partial charge in [-0.05, 0) is 37.6 Å². The fourth-order valence-electron chi connectivity index (χ4n) is 1.52. The molecule has 0 unspecified atom stereocenters. The van der Waals surface area contributed by atoms with Crippen molar-refractivity contribution in [3.05, 3.63) is 41.3 Å². The standard InChI is InChI=1S/C11H12ClN3/c1-8-5-9(2)15(14-8)11-6-10(7-12)3-4-13-11/h3-6H,7H2,1-2H3. The van der Waals surface area contributed by atoms with Gasteiger partial charge in [-0.15, -0.1) is 11.6 Å². The molecular weight excluding hydrogens is 210 g/mol. The summed E-state index contributed by atoms with van der Waals surface area (Å²) in [6, 6.07) is 5.88. The molecule has 0 saturated heterocycles. The summed E-state index contributed by atoms with van der Waals surface area (Å²) in [7, 11) is 0. The molecule has 0 amide bonds. The largest absolute Gasteiger partial charge is 0.237 e. The van der Waals surface area contributed by atoms with Crippen molar-refractivity contribution in [1.29, 1.82) is 0 Å². The van der Waals surface area contributed by atoms with Crippen LogP contribution in [0.2, 0.25) is 0 Å². The van der Waals surface area contributed by atoms with E-state index in [0.717, 1.165) is 22.8 Å². The van der Waals surface area contributed by atoms with E-state index in [4.69, 9.17) is 11.6 Å². The lowest BCUT2D eigenvalue weighted by atomic mass is 10.3. The van der Waals surface area contributed by atoms with Gasteiger partial charge in [0.1, 0.15) is 0 Å². The van der Waals surface area contributed by atoms with Gasteiger partial charge in [-0.1, -0.05) is 0 Å². The summed E-state index contributed by atoms with van der Waals surface area (Å²) in [5.41, 5.74) is 3.12. The fourth-order valence-corrected chi connectivity index (χ4v) is 1.69. The molecule has 0 aliphatic carbocycles. The highest BCUT2D eigenvalue weighted by Crippen LogP contribution is 2.12. The average Bonchev–Trinajstić information content (AvgIpc) is 2.58. The normalized spacial score (nSPS) is 10.6. The average molecular weight is 222 g/mol. The minimum Gasteiger partial charge on any atom is -0.237 e.